The van der Waals surface area contributed by atoms with Crippen molar-refractivity contribution in [1.82, 2.24) is 14.9 Å². The van der Waals surface area contributed by atoms with Gasteiger partial charge in [0.15, 0.2) is 0 Å². The second-order valence-corrected chi connectivity index (χ2v) is 7.98. The molecule has 1 N–H and O–H groups in total. The number of fused-ring (bicyclic) bond motifs is 3. The zero-order valence-corrected chi connectivity index (χ0v) is 15.5. The predicted octanol–water partition coefficient (Wildman–Crippen LogP) is 2.54. The van der Waals surface area contributed by atoms with Gasteiger partial charge in [-0.3, -0.25) is 14.2 Å². The Morgan fingerprint density at radius 3 is 3.12 bits per heavy atom. The van der Waals surface area contributed by atoms with Crippen LogP contribution in [-0.2, 0) is 28.9 Å². The largest absolute Gasteiger partial charge is 0.497 e. The molecule has 0 fully saturated rings. The highest BCUT2D eigenvalue weighted by Gasteiger charge is 2.20. The number of nitrogens with one attached hydrogen (secondary N) is 1. The number of nitrogens with zero attached hydrogens (tertiary/aromatic N) is 2. The third-order valence-corrected chi connectivity index (χ3v) is 6.27. The van der Waals surface area contributed by atoms with E-state index < -0.39 is 0 Å². The predicted molar refractivity (Wildman–Crippen MR) is 101 cm³/mol. The first kappa shape index (κ1) is 17.3. The van der Waals surface area contributed by atoms with Crippen molar-refractivity contribution in [3.63, 3.8) is 0 Å². The molecule has 0 aromatic carbocycles. The molecule has 7 heteroatoms. The molecule has 1 aliphatic heterocycles. The number of allylic oxidation sites excluding steroid dienone is 1. The molecule has 2 aromatic heterocycles. The number of thiophene rings is 1. The van der Waals surface area contributed by atoms with Gasteiger partial charge in [-0.15, -0.1) is 11.3 Å². The second-order valence-electron chi connectivity index (χ2n) is 6.90. The number of hydrogen-bond acceptors (Lipinski definition) is 5. The number of carbonyl (C=O) groups is 1. The molecule has 1 amide bonds. The van der Waals surface area contributed by atoms with Crippen LogP contribution in [-0.4, -0.2) is 28.1 Å². The number of hydrogen-bond donors (Lipinski definition) is 1. The van der Waals surface area contributed by atoms with Gasteiger partial charge < -0.3 is 10.1 Å². The van der Waals surface area contributed by atoms with Gasteiger partial charge in [0.1, 0.15) is 10.9 Å². The van der Waals surface area contributed by atoms with Crippen LogP contribution in [0.5, 0.6) is 0 Å². The number of carbonyl (C=O) groups excluding carboxylic acids is 1. The molecule has 0 spiro atoms. The number of aryl methyl sites for hydroxylation is 3. The van der Waals surface area contributed by atoms with Crippen LogP contribution in [0.1, 0.15) is 42.5 Å². The van der Waals surface area contributed by atoms with Gasteiger partial charge in [0, 0.05) is 17.8 Å². The van der Waals surface area contributed by atoms with Crippen molar-refractivity contribution in [2.24, 2.45) is 0 Å². The average Bonchev–Trinajstić information content (AvgIpc) is 3.06. The number of aromatic nitrogens is 2. The summed E-state index contributed by atoms with van der Waals surface area (Å²) < 4.78 is 7.02. The maximum Gasteiger partial charge on any atom is 0.262 e. The first-order valence-corrected chi connectivity index (χ1v) is 10.1. The standard InChI is InChI=1S/C19H23N3O3S/c23-16(20-11-13-5-3-4-10-25-13)8-9-22-12-21-18-17(19(22)24)14-6-1-2-7-15(14)26-18/h4,10,12-13H,1-3,5-9,11H2,(H,20,23)/t13-/m1/s1. The maximum atomic E-state index is 12.8. The van der Waals surface area contributed by atoms with Crippen LogP contribution in [0.3, 0.4) is 0 Å². The Morgan fingerprint density at radius 2 is 2.27 bits per heavy atom. The van der Waals surface area contributed by atoms with Crippen molar-refractivity contribution in [2.75, 3.05) is 6.54 Å². The fourth-order valence-corrected chi connectivity index (χ4v) is 4.83. The number of amides is 1. The average molecular weight is 373 g/mol. The number of ether oxygens (including phenoxy) is 1. The molecule has 2 aromatic rings. The van der Waals surface area contributed by atoms with Crippen molar-refractivity contribution >= 4 is 27.5 Å². The molecule has 0 saturated carbocycles. The third-order valence-electron chi connectivity index (χ3n) is 5.07. The third kappa shape index (κ3) is 3.53. The molecule has 0 saturated heterocycles. The Hall–Kier alpha value is -2.15. The lowest BCUT2D eigenvalue weighted by Crippen LogP contribution is -2.34. The van der Waals surface area contributed by atoms with E-state index in [-0.39, 0.29) is 24.0 Å². The lowest BCUT2D eigenvalue weighted by Gasteiger charge is -2.19. The zero-order valence-electron chi connectivity index (χ0n) is 14.7. The second kappa shape index (κ2) is 7.61. The van der Waals surface area contributed by atoms with E-state index in [9.17, 15) is 9.59 Å². The van der Waals surface area contributed by atoms with Crippen molar-refractivity contribution < 1.29 is 9.53 Å². The van der Waals surface area contributed by atoms with Gasteiger partial charge in [-0.2, -0.15) is 0 Å². The van der Waals surface area contributed by atoms with E-state index in [0.29, 0.717) is 13.1 Å². The van der Waals surface area contributed by atoms with Crippen LogP contribution in [0.2, 0.25) is 0 Å². The van der Waals surface area contributed by atoms with Gasteiger partial charge in [0.2, 0.25) is 5.91 Å². The minimum absolute atomic E-state index is 0.0112. The molecule has 138 valence electrons. The highest BCUT2D eigenvalue weighted by atomic mass is 32.1. The first-order chi connectivity index (χ1) is 12.7. The van der Waals surface area contributed by atoms with Gasteiger partial charge in [-0.05, 0) is 50.2 Å². The molecule has 6 nitrogen and oxygen atoms in total. The smallest absolute Gasteiger partial charge is 0.262 e. The summed E-state index contributed by atoms with van der Waals surface area (Å²) in [5, 5.41) is 3.67. The molecule has 0 bridgehead atoms. The fraction of sp³-hybridized carbons (Fsp3) is 0.526. The molecule has 1 aliphatic carbocycles. The SMILES string of the molecule is O=C(CCn1cnc2sc3c(c2c1=O)CCCC3)NC[C@H]1CCC=CO1. The van der Waals surface area contributed by atoms with Gasteiger partial charge in [-0.1, -0.05) is 0 Å². The quantitative estimate of drug-likeness (QED) is 0.874. The maximum absolute atomic E-state index is 12.8. The van der Waals surface area contributed by atoms with Gasteiger partial charge in [0.05, 0.1) is 24.5 Å². The van der Waals surface area contributed by atoms with E-state index in [1.807, 2.05) is 6.08 Å². The highest BCUT2D eigenvalue weighted by Crippen LogP contribution is 2.33. The van der Waals surface area contributed by atoms with E-state index in [1.165, 1.54) is 16.9 Å². The number of rotatable bonds is 5. The van der Waals surface area contributed by atoms with Crippen LogP contribution in [0.25, 0.3) is 10.2 Å². The van der Waals surface area contributed by atoms with Crippen LogP contribution in [0.15, 0.2) is 23.5 Å². The summed E-state index contributed by atoms with van der Waals surface area (Å²) >= 11 is 1.65. The fourth-order valence-electron chi connectivity index (χ4n) is 3.61. The summed E-state index contributed by atoms with van der Waals surface area (Å²) in [6, 6.07) is 0. The molecule has 0 unspecified atom stereocenters. The van der Waals surface area contributed by atoms with E-state index in [0.717, 1.165) is 42.3 Å². The summed E-state index contributed by atoms with van der Waals surface area (Å²) in [5.41, 5.74) is 1.18. The van der Waals surface area contributed by atoms with Crippen LogP contribution in [0.4, 0.5) is 0 Å². The Bertz CT molecular complexity index is 899. The molecular weight excluding hydrogens is 350 g/mol. The van der Waals surface area contributed by atoms with Gasteiger partial charge >= 0.3 is 0 Å². The molecule has 2 aliphatic rings. The van der Waals surface area contributed by atoms with Gasteiger partial charge in [-0.25, -0.2) is 4.98 Å². The lowest BCUT2D eigenvalue weighted by molar-refractivity contribution is -0.121. The van der Waals surface area contributed by atoms with Crippen molar-refractivity contribution in [3.8, 4) is 0 Å². The summed E-state index contributed by atoms with van der Waals surface area (Å²) in [4.78, 5) is 31.6. The van der Waals surface area contributed by atoms with Gasteiger partial charge in [0.25, 0.3) is 5.56 Å². The topological polar surface area (TPSA) is 73.2 Å². The molecule has 3 heterocycles. The minimum atomic E-state index is -0.0671. The van der Waals surface area contributed by atoms with Crippen molar-refractivity contribution in [1.29, 1.82) is 0 Å². The zero-order chi connectivity index (χ0) is 17.9. The Balaban J connectivity index is 1.41. The minimum Gasteiger partial charge on any atom is -0.497 e. The Labute approximate surface area is 155 Å². The van der Waals surface area contributed by atoms with Crippen LogP contribution >= 0.6 is 11.3 Å². The summed E-state index contributed by atoms with van der Waals surface area (Å²) in [5.74, 6) is -0.0671. The molecule has 4 rings (SSSR count). The Kier molecular flexibility index (Phi) is 5.06. The van der Waals surface area contributed by atoms with Crippen molar-refractivity contribution in [3.05, 3.63) is 39.5 Å². The van der Waals surface area contributed by atoms with E-state index in [2.05, 4.69) is 10.3 Å². The molecular formula is C19H23N3O3S. The monoisotopic (exact) mass is 373 g/mol. The molecule has 26 heavy (non-hydrogen) atoms. The highest BCUT2D eigenvalue weighted by molar-refractivity contribution is 7.18. The van der Waals surface area contributed by atoms with E-state index in [4.69, 9.17) is 4.74 Å². The summed E-state index contributed by atoms with van der Waals surface area (Å²) in [7, 11) is 0. The van der Waals surface area contributed by atoms with Crippen LogP contribution in [0, 0.1) is 0 Å². The summed E-state index contributed by atoms with van der Waals surface area (Å²) in [6.07, 6.45) is 11.8. The lowest BCUT2D eigenvalue weighted by atomic mass is 9.97. The molecule has 0 radical (unpaired) electrons. The van der Waals surface area contributed by atoms with E-state index in [1.54, 1.807) is 28.5 Å². The van der Waals surface area contributed by atoms with Crippen LogP contribution < -0.4 is 10.9 Å². The molecule has 1 atom stereocenters. The summed E-state index contributed by atoms with van der Waals surface area (Å²) in [6.45, 7) is 0.858. The van der Waals surface area contributed by atoms with Crippen molar-refractivity contribution in [2.45, 2.75) is 57.6 Å². The first-order valence-electron chi connectivity index (χ1n) is 9.29. The van der Waals surface area contributed by atoms with E-state index >= 15 is 0 Å². The Morgan fingerprint density at radius 1 is 1.38 bits per heavy atom. The normalized spacial score (nSPS) is 19.2.